The van der Waals surface area contributed by atoms with Crippen LogP contribution >= 0.6 is 0 Å². The Morgan fingerprint density at radius 2 is 1.55 bits per heavy atom. The second-order valence-corrected chi connectivity index (χ2v) is 3.33. The lowest BCUT2D eigenvalue weighted by atomic mass is 9.99. The first kappa shape index (κ1) is 10.9. The van der Waals surface area contributed by atoms with Crippen LogP contribution in [0, 0.1) is 0 Å². The highest BCUT2D eigenvalue weighted by Gasteiger charge is 2.09. The van der Waals surface area contributed by atoms with E-state index in [2.05, 4.69) is 0 Å². The molecule has 0 heterocycles. The van der Waals surface area contributed by atoms with E-state index in [1.165, 1.54) is 6.42 Å². The quantitative estimate of drug-likeness (QED) is 0.580. The van der Waals surface area contributed by atoms with Gasteiger partial charge in [-0.05, 0) is 26.7 Å². The van der Waals surface area contributed by atoms with Crippen LogP contribution in [-0.2, 0) is 0 Å². The van der Waals surface area contributed by atoms with Gasteiger partial charge in [0.15, 0.2) is 0 Å². The molecule has 68 valence electrons. The highest BCUT2D eigenvalue weighted by Crippen LogP contribution is 2.19. The topological polar surface area (TPSA) is 20.2 Å². The van der Waals surface area contributed by atoms with Crippen molar-refractivity contribution >= 4 is 0 Å². The second kappa shape index (κ2) is 6.59. The summed E-state index contributed by atoms with van der Waals surface area (Å²) in [6.07, 6.45) is 4.48. The van der Waals surface area contributed by atoms with Crippen LogP contribution in [0.4, 0.5) is 4.39 Å². The minimum Gasteiger partial charge on any atom is -0.394 e. The van der Waals surface area contributed by atoms with E-state index in [9.17, 15) is 4.39 Å². The van der Waals surface area contributed by atoms with Crippen LogP contribution in [0.2, 0.25) is 0 Å². The van der Waals surface area contributed by atoms with Crippen LogP contribution in [0.15, 0.2) is 0 Å². The fourth-order valence-electron chi connectivity index (χ4n) is 1.05. The van der Waals surface area contributed by atoms with Crippen molar-refractivity contribution in [1.29, 1.82) is 0 Å². The van der Waals surface area contributed by atoms with Gasteiger partial charge < -0.3 is 5.11 Å². The number of rotatable bonds is 0. The fraction of sp³-hybridized carbons (Fsp3) is 1.00. The standard InChI is InChI=1S/C6H11F.C3H8O/c7-6-4-2-1-3-5-6;1-3(2)4/h6H,1-5H2;3-4H,1-2H3. The summed E-state index contributed by atoms with van der Waals surface area (Å²) in [5.74, 6) is 0. The molecule has 0 amide bonds. The zero-order valence-electron chi connectivity index (χ0n) is 7.52. The van der Waals surface area contributed by atoms with Crippen molar-refractivity contribution in [3.8, 4) is 0 Å². The fourth-order valence-corrected chi connectivity index (χ4v) is 1.05. The van der Waals surface area contributed by atoms with Gasteiger partial charge in [0.25, 0.3) is 0 Å². The summed E-state index contributed by atoms with van der Waals surface area (Å²) >= 11 is 0. The summed E-state index contributed by atoms with van der Waals surface area (Å²) < 4.78 is 12.2. The monoisotopic (exact) mass is 162 g/mol. The maximum absolute atomic E-state index is 12.2. The maximum Gasteiger partial charge on any atom is 0.100 e. The maximum atomic E-state index is 12.2. The van der Waals surface area contributed by atoms with Crippen LogP contribution < -0.4 is 0 Å². The molecule has 0 radical (unpaired) electrons. The van der Waals surface area contributed by atoms with Crippen LogP contribution in [0.3, 0.4) is 0 Å². The van der Waals surface area contributed by atoms with Gasteiger partial charge in [0, 0.05) is 6.10 Å². The molecular weight excluding hydrogens is 143 g/mol. The molecule has 0 bridgehead atoms. The summed E-state index contributed by atoms with van der Waals surface area (Å²) in [5.41, 5.74) is 0. The number of hydrogen-bond donors (Lipinski definition) is 1. The SMILES string of the molecule is CC(C)O.FC1CCCCC1. The van der Waals surface area contributed by atoms with Gasteiger partial charge in [0.05, 0.1) is 0 Å². The lowest BCUT2D eigenvalue weighted by Crippen LogP contribution is -2.04. The Kier molecular flexibility index (Phi) is 6.52. The molecule has 1 nitrogen and oxygen atoms in total. The molecule has 2 heteroatoms. The molecule has 1 fully saturated rings. The molecule has 1 saturated carbocycles. The highest BCUT2D eigenvalue weighted by atomic mass is 19.1. The molecule has 0 spiro atoms. The van der Waals surface area contributed by atoms with Crippen LogP contribution in [-0.4, -0.2) is 17.4 Å². The molecule has 0 atom stereocenters. The van der Waals surface area contributed by atoms with Crippen molar-refractivity contribution in [3.05, 3.63) is 0 Å². The third-order valence-corrected chi connectivity index (χ3v) is 1.53. The Labute approximate surface area is 68.6 Å². The van der Waals surface area contributed by atoms with Crippen molar-refractivity contribution in [2.24, 2.45) is 0 Å². The number of hydrogen-bond acceptors (Lipinski definition) is 1. The average molecular weight is 162 g/mol. The van der Waals surface area contributed by atoms with Crippen molar-refractivity contribution in [1.82, 2.24) is 0 Å². The van der Waals surface area contributed by atoms with Crippen LogP contribution in [0.25, 0.3) is 0 Å². The Bertz CT molecular complexity index is 74.9. The molecule has 1 rings (SSSR count). The minimum absolute atomic E-state index is 0.167. The molecule has 0 aromatic rings. The first-order chi connectivity index (χ1) is 5.13. The Balaban J connectivity index is 0.000000218. The molecule has 1 aliphatic carbocycles. The number of halogens is 1. The van der Waals surface area contributed by atoms with E-state index in [1.54, 1.807) is 13.8 Å². The largest absolute Gasteiger partial charge is 0.394 e. The summed E-state index contributed by atoms with van der Waals surface area (Å²) in [6, 6.07) is 0. The van der Waals surface area contributed by atoms with E-state index in [-0.39, 0.29) is 6.10 Å². The van der Waals surface area contributed by atoms with E-state index in [0.717, 1.165) is 25.7 Å². The third kappa shape index (κ3) is 9.89. The van der Waals surface area contributed by atoms with Gasteiger partial charge >= 0.3 is 0 Å². The normalized spacial score (nSPS) is 19.4. The molecule has 1 N–H and O–H groups in total. The summed E-state index contributed by atoms with van der Waals surface area (Å²) in [7, 11) is 0. The highest BCUT2D eigenvalue weighted by molar-refractivity contribution is 4.62. The van der Waals surface area contributed by atoms with Crippen molar-refractivity contribution in [2.45, 2.75) is 58.2 Å². The second-order valence-electron chi connectivity index (χ2n) is 3.33. The average Bonchev–Trinajstić information content (AvgIpc) is 1.87. The van der Waals surface area contributed by atoms with Crippen LogP contribution in [0.5, 0.6) is 0 Å². The van der Waals surface area contributed by atoms with Crippen molar-refractivity contribution < 1.29 is 9.50 Å². The molecular formula is C9H19FO. The predicted octanol–water partition coefficient (Wildman–Crippen LogP) is 2.68. The Hall–Kier alpha value is -0.110. The number of aliphatic hydroxyl groups excluding tert-OH is 1. The van der Waals surface area contributed by atoms with E-state index < -0.39 is 6.17 Å². The Morgan fingerprint density at radius 1 is 1.18 bits per heavy atom. The van der Waals surface area contributed by atoms with Gasteiger partial charge in [-0.1, -0.05) is 19.3 Å². The molecule has 0 aromatic heterocycles. The summed E-state index contributed by atoms with van der Waals surface area (Å²) in [5, 5.41) is 8.06. The van der Waals surface area contributed by atoms with Gasteiger partial charge in [0.2, 0.25) is 0 Å². The van der Waals surface area contributed by atoms with Gasteiger partial charge in [0.1, 0.15) is 6.17 Å². The molecule has 0 saturated heterocycles. The van der Waals surface area contributed by atoms with Crippen molar-refractivity contribution in [3.63, 3.8) is 0 Å². The lowest BCUT2D eigenvalue weighted by molar-refractivity contribution is 0.216. The van der Waals surface area contributed by atoms with Gasteiger partial charge in [-0.25, -0.2) is 4.39 Å². The van der Waals surface area contributed by atoms with E-state index in [1.807, 2.05) is 0 Å². The van der Waals surface area contributed by atoms with Gasteiger partial charge in [-0.15, -0.1) is 0 Å². The zero-order valence-corrected chi connectivity index (χ0v) is 7.52. The first-order valence-corrected chi connectivity index (χ1v) is 4.45. The molecule has 11 heavy (non-hydrogen) atoms. The summed E-state index contributed by atoms with van der Waals surface area (Å²) in [6.45, 7) is 3.44. The van der Waals surface area contributed by atoms with Crippen LogP contribution in [0.1, 0.15) is 46.0 Å². The molecule has 0 aromatic carbocycles. The third-order valence-electron chi connectivity index (χ3n) is 1.53. The van der Waals surface area contributed by atoms with Gasteiger partial charge in [-0.3, -0.25) is 0 Å². The van der Waals surface area contributed by atoms with E-state index in [4.69, 9.17) is 5.11 Å². The van der Waals surface area contributed by atoms with E-state index in [0.29, 0.717) is 0 Å². The van der Waals surface area contributed by atoms with Gasteiger partial charge in [-0.2, -0.15) is 0 Å². The zero-order chi connectivity index (χ0) is 8.69. The smallest absolute Gasteiger partial charge is 0.100 e. The molecule has 0 aliphatic heterocycles. The van der Waals surface area contributed by atoms with E-state index >= 15 is 0 Å². The molecule has 1 aliphatic rings. The van der Waals surface area contributed by atoms with Crippen molar-refractivity contribution in [2.75, 3.05) is 0 Å². The summed E-state index contributed by atoms with van der Waals surface area (Å²) in [4.78, 5) is 0. The number of aliphatic hydroxyl groups is 1. The first-order valence-electron chi connectivity index (χ1n) is 4.45. The Morgan fingerprint density at radius 3 is 1.73 bits per heavy atom. The molecule has 0 unspecified atom stereocenters. The minimum atomic E-state index is -0.464. The predicted molar refractivity (Wildman–Crippen MR) is 45.3 cm³/mol. The lowest BCUT2D eigenvalue weighted by Gasteiger charge is -2.12. The number of alkyl halides is 1.